The van der Waals surface area contributed by atoms with Crippen molar-refractivity contribution in [2.24, 2.45) is 11.8 Å². The molecule has 1 spiro atoms. The molecule has 4 nitrogen and oxygen atoms in total. The van der Waals surface area contributed by atoms with Gasteiger partial charge in [0.15, 0.2) is 0 Å². The van der Waals surface area contributed by atoms with E-state index in [-0.39, 0.29) is 12.1 Å². The van der Waals surface area contributed by atoms with E-state index in [1.54, 1.807) is 0 Å². The predicted octanol–water partition coefficient (Wildman–Crippen LogP) is 6.99. The monoisotopic (exact) mass is 535 g/mol. The van der Waals surface area contributed by atoms with Crippen LogP contribution in [0.4, 0.5) is 0 Å². The molecule has 200 valence electrons. The Morgan fingerprint density at radius 2 is 0.718 bits per heavy atom. The van der Waals surface area contributed by atoms with Crippen molar-refractivity contribution in [2.45, 2.75) is 50.9 Å². The summed E-state index contributed by atoms with van der Waals surface area (Å²) in [6.45, 7) is 9.33. The molecular formula is C34H40N4P+. The van der Waals surface area contributed by atoms with Gasteiger partial charge >= 0.3 is 7.87 Å². The van der Waals surface area contributed by atoms with Gasteiger partial charge in [-0.2, -0.15) is 0 Å². The number of benzene rings is 4. The van der Waals surface area contributed by atoms with Crippen LogP contribution in [0.2, 0.25) is 0 Å². The van der Waals surface area contributed by atoms with E-state index < -0.39 is 18.9 Å². The molecule has 5 heteroatoms. The molecule has 0 aliphatic carbocycles. The van der Waals surface area contributed by atoms with Crippen LogP contribution in [0, 0.1) is 11.8 Å². The topological polar surface area (TPSA) is 48.1 Å². The van der Waals surface area contributed by atoms with Crippen LogP contribution in [0.15, 0.2) is 121 Å². The van der Waals surface area contributed by atoms with E-state index in [1.807, 2.05) is 0 Å². The second-order valence-corrected chi connectivity index (χ2v) is 14.0. The van der Waals surface area contributed by atoms with E-state index in [1.165, 1.54) is 22.3 Å². The van der Waals surface area contributed by atoms with Crippen molar-refractivity contribution in [1.29, 1.82) is 0 Å². The molecule has 0 unspecified atom stereocenters. The van der Waals surface area contributed by atoms with E-state index in [0.717, 1.165) is 0 Å². The third-order valence-electron chi connectivity index (χ3n) is 8.54. The van der Waals surface area contributed by atoms with Crippen LogP contribution in [0.25, 0.3) is 0 Å². The molecule has 2 atom stereocenters. The van der Waals surface area contributed by atoms with Gasteiger partial charge in [-0.3, -0.25) is 0 Å². The van der Waals surface area contributed by atoms with Crippen LogP contribution in [-0.2, 0) is 11.1 Å². The summed E-state index contributed by atoms with van der Waals surface area (Å²) >= 11 is 0. The minimum absolute atomic E-state index is 0.158. The van der Waals surface area contributed by atoms with Crippen LogP contribution in [0.3, 0.4) is 0 Å². The molecule has 2 fully saturated rings. The summed E-state index contributed by atoms with van der Waals surface area (Å²) in [5.74, 6) is 0.753. The minimum atomic E-state index is -2.32. The van der Waals surface area contributed by atoms with Gasteiger partial charge in [0.1, 0.15) is 11.1 Å². The molecule has 2 saturated heterocycles. The Balaban J connectivity index is 1.57. The van der Waals surface area contributed by atoms with E-state index >= 15 is 0 Å². The van der Waals surface area contributed by atoms with Gasteiger partial charge in [0, 0.05) is 0 Å². The molecule has 0 saturated carbocycles. The first kappa shape index (κ1) is 26.4. The molecule has 4 aromatic rings. The summed E-state index contributed by atoms with van der Waals surface area (Å²) in [5.41, 5.74) is 4.30. The zero-order chi connectivity index (χ0) is 27.1. The Morgan fingerprint density at radius 3 is 0.949 bits per heavy atom. The molecule has 6 rings (SSSR count). The lowest BCUT2D eigenvalue weighted by Crippen LogP contribution is -2.50. The van der Waals surface area contributed by atoms with Gasteiger partial charge < -0.3 is 0 Å². The van der Waals surface area contributed by atoms with Crippen molar-refractivity contribution < 1.29 is 0 Å². The van der Waals surface area contributed by atoms with Crippen molar-refractivity contribution >= 4 is 7.87 Å². The lowest BCUT2D eigenvalue weighted by molar-refractivity contribution is 0.325. The fraction of sp³-hybridized carbons (Fsp3) is 0.294. The number of hydrogen-bond donors (Lipinski definition) is 4. The number of nitrogens with one attached hydrogen (secondary N) is 4. The third kappa shape index (κ3) is 4.27. The molecule has 0 amide bonds. The zero-order valence-electron chi connectivity index (χ0n) is 23.3. The second-order valence-electron chi connectivity index (χ2n) is 11.7. The van der Waals surface area contributed by atoms with Crippen LogP contribution < -0.4 is 20.3 Å². The van der Waals surface area contributed by atoms with Gasteiger partial charge in [-0.15, -0.1) is 20.3 Å². The van der Waals surface area contributed by atoms with Gasteiger partial charge in [0.05, 0.1) is 12.1 Å². The number of rotatable bonds is 6. The Labute approximate surface area is 234 Å². The van der Waals surface area contributed by atoms with Crippen LogP contribution >= 0.6 is 7.87 Å². The smallest absolute Gasteiger partial charge is 0.140 e. The highest BCUT2D eigenvalue weighted by Gasteiger charge is 2.71. The quantitative estimate of drug-likeness (QED) is 0.201. The van der Waals surface area contributed by atoms with Crippen LogP contribution in [0.5, 0.6) is 0 Å². The lowest BCUT2D eigenvalue weighted by atomic mass is 9.74. The normalized spacial score (nSPS) is 23.0. The minimum Gasteiger partial charge on any atom is -0.140 e. The molecule has 2 aliphatic heterocycles. The Morgan fingerprint density at radius 1 is 0.462 bits per heavy atom. The van der Waals surface area contributed by atoms with E-state index in [2.05, 4.69) is 169 Å². The SMILES string of the molecule is CC(C)[C@@H]1N[P+]2(N[C@@H](C(C)C)C(c3ccccc3)(c3ccccc3)N2)NC1(c1ccccc1)c1ccccc1. The maximum Gasteiger partial charge on any atom is 0.301 e. The molecular weight excluding hydrogens is 495 g/mol. The highest BCUT2D eigenvalue weighted by Crippen LogP contribution is 2.64. The van der Waals surface area contributed by atoms with Gasteiger partial charge in [-0.1, -0.05) is 149 Å². The maximum atomic E-state index is 4.30. The molecule has 2 heterocycles. The fourth-order valence-corrected chi connectivity index (χ4v) is 10.9. The maximum absolute atomic E-state index is 4.30. The molecule has 0 aromatic heterocycles. The molecule has 2 aliphatic rings. The zero-order valence-corrected chi connectivity index (χ0v) is 24.2. The lowest BCUT2D eigenvalue weighted by Gasteiger charge is -2.35. The summed E-state index contributed by atoms with van der Waals surface area (Å²) in [4.78, 5) is 0. The standard InChI is InChI=1S/C34H40N4P/c1-25(2)31-33(27-17-9-5-10-18-27,28-19-11-6-12-20-28)37-39(35-31)36-32(26(3)4)34(38-39,29-21-13-7-14-22-29)30-23-15-8-16-24-30/h5-26,31-32,35-38H,1-4H3/q+1/t31-,32-,39?/m0/s1. The molecule has 4 N–H and O–H groups in total. The summed E-state index contributed by atoms with van der Waals surface area (Å²) in [6, 6.07) is 44.2. The van der Waals surface area contributed by atoms with E-state index in [4.69, 9.17) is 0 Å². The van der Waals surface area contributed by atoms with Gasteiger partial charge in [0.25, 0.3) is 0 Å². The van der Waals surface area contributed by atoms with Crippen molar-refractivity contribution in [3.05, 3.63) is 144 Å². The van der Waals surface area contributed by atoms with Crippen LogP contribution in [0.1, 0.15) is 49.9 Å². The second kappa shape index (κ2) is 10.3. The van der Waals surface area contributed by atoms with E-state index in [0.29, 0.717) is 11.8 Å². The van der Waals surface area contributed by atoms with Crippen molar-refractivity contribution in [3.8, 4) is 0 Å². The van der Waals surface area contributed by atoms with Crippen molar-refractivity contribution in [1.82, 2.24) is 20.3 Å². The summed E-state index contributed by atoms with van der Waals surface area (Å²) in [7, 11) is -2.32. The highest BCUT2D eigenvalue weighted by molar-refractivity contribution is 7.69. The molecule has 0 bridgehead atoms. The number of hydrogen-bond acceptors (Lipinski definition) is 4. The average Bonchev–Trinajstić information content (AvgIpc) is 3.51. The fourth-order valence-electron chi connectivity index (χ4n) is 6.89. The van der Waals surface area contributed by atoms with Crippen molar-refractivity contribution in [2.75, 3.05) is 0 Å². The molecule has 4 aromatic carbocycles. The Bertz CT molecular complexity index is 1190. The molecule has 39 heavy (non-hydrogen) atoms. The highest BCUT2D eigenvalue weighted by atomic mass is 31.2. The van der Waals surface area contributed by atoms with Crippen molar-refractivity contribution in [3.63, 3.8) is 0 Å². The largest absolute Gasteiger partial charge is 0.301 e. The first-order chi connectivity index (χ1) is 18.9. The van der Waals surface area contributed by atoms with Gasteiger partial charge in [0.2, 0.25) is 0 Å². The summed E-state index contributed by atoms with van der Waals surface area (Å²) in [5, 5.41) is 17.0. The summed E-state index contributed by atoms with van der Waals surface area (Å²) < 4.78 is 0. The van der Waals surface area contributed by atoms with E-state index in [9.17, 15) is 0 Å². The van der Waals surface area contributed by atoms with Crippen LogP contribution in [-0.4, -0.2) is 12.1 Å². The Kier molecular flexibility index (Phi) is 6.95. The first-order valence-corrected chi connectivity index (χ1v) is 16.0. The molecule has 0 radical (unpaired) electrons. The first-order valence-electron chi connectivity index (χ1n) is 14.2. The predicted molar refractivity (Wildman–Crippen MR) is 164 cm³/mol. The average molecular weight is 536 g/mol. The summed E-state index contributed by atoms with van der Waals surface area (Å²) in [6.07, 6.45) is 0. The third-order valence-corrected chi connectivity index (χ3v) is 11.2. The van der Waals surface area contributed by atoms with Gasteiger partial charge in [-0.05, 0) is 34.1 Å². The Hall–Kier alpha value is -2.85. The van der Waals surface area contributed by atoms with Gasteiger partial charge in [-0.25, -0.2) is 0 Å².